The molecule has 0 unspecified atom stereocenters. The molecule has 0 saturated heterocycles. The third-order valence-electron chi connectivity index (χ3n) is 3.88. The highest BCUT2D eigenvalue weighted by Gasteiger charge is 2.33. The lowest BCUT2D eigenvalue weighted by atomic mass is 9.85. The molecule has 4 heteroatoms. The van der Waals surface area contributed by atoms with E-state index < -0.39 is 5.51 Å². The number of fused-ring (bicyclic) bond motifs is 1. The molecule has 0 bridgehead atoms. The Hall–Kier alpha value is -1.16. The summed E-state index contributed by atoms with van der Waals surface area (Å²) < 4.78 is 38.7. The van der Waals surface area contributed by atoms with Gasteiger partial charge < -0.3 is 0 Å². The molecular weight excluding hydrogens is 317 g/mol. The Morgan fingerprint density at radius 1 is 0.739 bits per heavy atom. The molecule has 0 aromatic heterocycles. The summed E-state index contributed by atoms with van der Waals surface area (Å²) in [5.41, 5.74) is -0.897. The first-order valence-corrected chi connectivity index (χ1v) is 8.44. The van der Waals surface area contributed by atoms with Crippen LogP contribution in [0.15, 0.2) is 35.2 Å². The van der Waals surface area contributed by atoms with Gasteiger partial charge in [-0.1, -0.05) is 65.8 Å². The van der Waals surface area contributed by atoms with E-state index >= 15 is 0 Å². The van der Waals surface area contributed by atoms with Gasteiger partial charge in [-0.05, 0) is 50.9 Å². The van der Waals surface area contributed by atoms with Gasteiger partial charge in [0.25, 0.3) is 0 Å². The van der Waals surface area contributed by atoms with Crippen LogP contribution in [0.5, 0.6) is 0 Å². The second kappa shape index (κ2) is 5.73. The summed E-state index contributed by atoms with van der Waals surface area (Å²) in [5, 5.41) is 0. The predicted octanol–water partition coefficient (Wildman–Crippen LogP) is 7.00. The molecule has 0 aromatic rings. The zero-order chi connectivity index (χ0) is 17.6. The molecule has 0 aromatic carbocycles. The Morgan fingerprint density at radius 3 is 1.70 bits per heavy atom. The molecule has 0 aliphatic heterocycles. The minimum Gasteiger partial charge on any atom is -0.160 e. The Kier molecular flexibility index (Phi) is 4.53. The number of hydrogen-bond donors (Lipinski definition) is 0. The summed E-state index contributed by atoms with van der Waals surface area (Å²) in [5.74, 6) is 0. The predicted molar refractivity (Wildman–Crippen MR) is 92.4 cm³/mol. The van der Waals surface area contributed by atoms with E-state index in [-0.39, 0.29) is 27.5 Å². The van der Waals surface area contributed by atoms with Crippen molar-refractivity contribution in [3.05, 3.63) is 41.5 Å². The van der Waals surface area contributed by atoms with Crippen molar-refractivity contribution in [1.29, 1.82) is 0 Å². The number of halogens is 3. The first-order valence-electron chi connectivity index (χ1n) is 7.62. The van der Waals surface area contributed by atoms with E-state index in [0.717, 1.165) is 16.7 Å². The molecule has 0 amide bonds. The normalized spacial score (nSPS) is 13.6. The van der Waals surface area contributed by atoms with E-state index in [2.05, 4.69) is 20.8 Å². The Balaban J connectivity index is 2.70. The summed E-state index contributed by atoms with van der Waals surface area (Å²) in [6, 6.07) is 9.46. The molecule has 2 rings (SSSR count). The van der Waals surface area contributed by atoms with Gasteiger partial charge in [0.05, 0.1) is 0 Å². The summed E-state index contributed by atoms with van der Waals surface area (Å²) in [4.78, 5) is 0.286. The van der Waals surface area contributed by atoms with E-state index in [0.29, 0.717) is 5.56 Å². The first-order chi connectivity index (χ1) is 10.3. The van der Waals surface area contributed by atoms with Gasteiger partial charge in [-0.2, -0.15) is 13.2 Å². The minimum atomic E-state index is -4.28. The van der Waals surface area contributed by atoms with Crippen LogP contribution in [0.3, 0.4) is 0 Å². The highest BCUT2D eigenvalue weighted by molar-refractivity contribution is 8.00. The van der Waals surface area contributed by atoms with Gasteiger partial charge in [0.1, 0.15) is 0 Å². The Morgan fingerprint density at radius 2 is 1.26 bits per heavy atom. The van der Waals surface area contributed by atoms with Crippen molar-refractivity contribution in [3.8, 4) is 11.1 Å². The molecule has 23 heavy (non-hydrogen) atoms. The van der Waals surface area contributed by atoms with Gasteiger partial charge in [0.2, 0.25) is 0 Å². The molecule has 2 aliphatic carbocycles. The molecular formula is C19H23F3S. The number of rotatable bonds is 1. The topological polar surface area (TPSA) is 0 Å². The van der Waals surface area contributed by atoms with Gasteiger partial charge >= 0.3 is 5.51 Å². The van der Waals surface area contributed by atoms with Crippen LogP contribution in [0.25, 0.3) is 11.1 Å². The fourth-order valence-corrected chi connectivity index (χ4v) is 3.36. The zero-order valence-electron chi connectivity index (χ0n) is 14.4. The molecule has 0 fully saturated rings. The number of hydrogen-bond acceptors (Lipinski definition) is 1. The van der Waals surface area contributed by atoms with Crippen LogP contribution in [0.1, 0.15) is 52.7 Å². The molecule has 0 N–H and O–H groups in total. The monoisotopic (exact) mass is 340 g/mol. The van der Waals surface area contributed by atoms with Crippen LogP contribution < -0.4 is 0 Å². The molecule has 0 spiro atoms. The van der Waals surface area contributed by atoms with Gasteiger partial charge in [-0.3, -0.25) is 0 Å². The van der Waals surface area contributed by atoms with Crippen LogP contribution in [0.2, 0.25) is 0 Å². The van der Waals surface area contributed by atoms with Gasteiger partial charge in [-0.15, -0.1) is 0 Å². The fraction of sp³-hybridized carbons (Fsp3) is 0.474. The first kappa shape index (κ1) is 18.2. The van der Waals surface area contributed by atoms with Crippen molar-refractivity contribution in [2.75, 3.05) is 0 Å². The number of thioether (sulfide) groups is 1. The third kappa shape index (κ3) is 4.23. The maximum atomic E-state index is 12.9. The highest BCUT2D eigenvalue weighted by Crippen LogP contribution is 2.48. The fourth-order valence-electron chi connectivity index (χ4n) is 2.65. The smallest absolute Gasteiger partial charge is 0.160 e. The standard InChI is InChI=1S/C19H23F3S/c1-17(2,3)12-7-9-13-14(10-8-12)16(23-19(20,21)22)11-15(13)18(4,5)6/h7-11H,1-6H3. The minimum absolute atomic E-state index is 0.0241. The van der Waals surface area contributed by atoms with Crippen molar-refractivity contribution < 1.29 is 13.2 Å². The zero-order valence-corrected chi connectivity index (χ0v) is 15.2. The highest BCUT2D eigenvalue weighted by atomic mass is 32.2. The SMILES string of the molecule is CC(C)(C)c1ccc2c(SC(F)(F)F)cc(C(C)(C)C)c-2cc1. The van der Waals surface area contributed by atoms with E-state index in [1.54, 1.807) is 6.07 Å². The maximum absolute atomic E-state index is 12.9. The quantitative estimate of drug-likeness (QED) is 0.504. The second-order valence-electron chi connectivity index (χ2n) is 7.92. The van der Waals surface area contributed by atoms with Gasteiger partial charge in [-0.25, -0.2) is 0 Å². The van der Waals surface area contributed by atoms with E-state index in [4.69, 9.17) is 0 Å². The molecule has 0 heterocycles. The lowest BCUT2D eigenvalue weighted by Crippen LogP contribution is -2.10. The maximum Gasteiger partial charge on any atom is 0.446 e. The van der Waals surface area contributed by atoms with Crippen molar-refractivity contribution in [2.45, 2.75) is 62.8 Å². The molecule has 0 radical (unpaired) electrons. The van der Waals surface area contributed by atoms with Crippen LogP contribution in [0.4, 0.5) is 13.2 Å². The summed E-state index contributed by atoms with van der Waals surface area (Å²) in [6.07, 6.45) is 0. The number of alkyl halides is 3. The van der Waals surface area contributed by atoms with Gasteiger partial charge in [0, 0.05) is 4.90 Å². The van der Waals surface area contributed by atoms with Crippen LogP contribution >= 0.6 is 11.8 Å². The lowest BCUT2D eigenvalue weighted by molar-refractivity contribution is -0.0327. The van der Waals surface area contributed by atoms with Crippen molar-refractivity contribution in [2.24, 2.45) is 0 Å². The molecule has 0 atom stereocenters. The van der Waals surface area contributed by atoms with E-state index in [9.17, 15) is 13.2 Å². The Bertz CT molecular complexity index is 673. The average Bonchev–Trinajstić information content (AvgIpc) is 2.53. The summed E-state index contributed by atoms with van der Waals surface area (Å²) in [7, 11) is 0. The van der Waals surface area contributed by atoms with Gasteiger partial charge in [0.15, 0.2) is 0 Å². The van der Waals surface area contributed by atoms with E-state index in [1.165, 1.54) is 0 Å². The molecule has 0 saturated carbocycles. The summed E-state index contributed by atoms with van der Waals surface area (Å²) >= 11 is -0.0241. The third-order valence-corrected chi connectivity index (χ3v) is 4.67. The van der Waals surface area contributed by atoms with Crippen LogP contribution in [-0.4, -0.2) is 5.51 Å². The Labute approximate surface area is 140 Å². The van der Waals surface area contributed by atoms with Crippen molar-refractivity contribution in [3.63, 3.8) is 0 Å². The van der Waals surface area contributed by atoms with Crippen molar-refractivity contribution >= 4 is 11.8 Å². The largest absolute Gasteiger partial charge is 0.446 e. The van der Waals surface area contributed by atoms with Crippen molar-refractivity contribution in [1.82, 2.24) is 0 Å². The second-order valence-corrected chi connectivity index (χ2v) is 9.03. The molecule has 0 nitrogen and oxygen atoms in total. The van der Waals surface area contributed by atoms with Crippen LogP contribution in [-0.2, 0) is 10.8 Å². The summed E-state index contributed by atoms with van der Waals surface area (Å²) in [6.45, 7) is 12.4. The molecule has 2 aliphatic rings. The van der Waals surface area contributed by atoms with Crippen LogP contribution in [0, 0.1) is 0 Å². The van der Waals surface area contributed by atoms with E-state index in [1.807, 2.05) is 45.0 Å². The average molecular weight is 340 g/mol. The molecule has 126 valence electrons. The lowest BCUT2D eigenvalue weighted by Gasteiger charge is -2.19.